The Bertz CT molecular complexity index is 598. The van der Waals surface area contributed by atoms with Gasteiger partial charge in [0.15, 0.2) is 6.61 Å². The van der Waals surface area contributed by atoms with Crippen molar-refractivity contribution in [3.63, 3.8) is 0 Å². The first-order valence-corrected chi connectivity index (χ1v) is 7.20. The van der Waals surface area contributed by atoms with Crippen LogP contribution >= 0.6 is 11.6 Å². The molecule has 1 N–H and O–H groups in total. The van der Waals surface area contributed by atoms with Crippen molar-refractivity contribution in [2.45, 2.75) is 26.3 Å². The van der Waals surface area contributed by atoms with Crippen molar-refractivity contribution in [3.05, 3.63) is 41.6 Å². The Labute approximate surface area is 128 Å². The minimum atomic E-state index is -0.185. The molecule has 1 heterocycles. The third-order valence-electron chi connectivity index (χ3n) is 3.02. The minimum absolute atomic E-state index is 0.101. The summed E-state index contributed by atoms with van der Waals surface area (Å²) in [5, 5.41) is 7.42. The van der Waals surface area contributed by atoms with E-state index >= 15 is 0 Å². The number of hydrogen-bond donors (Lipinski definition) is 1. The molecule has 0 spiro atoms. The molecule has 0 fully saturated rings. The molecule has 0 saturated carbocycles. The van der Waals surface area contributed by atoms with Gasteiger partial charge in [-0.1, -0.05) is 36.7 Å². The van der Waals surface area contributed by atoms with Crippen molar-refractivity contribution >= 4 is 17.5 Å². The zero-order valence-electron chi connectivity index (χ0n) is 12.0. The largest absolute Gasteiger partial charge is 0.465 e. The van der Waals surface area contributed by atoms with Gasteiger partial charge in [0.2, 0.25) is 0 Å². The van der Waals surface area contributed by atoms with Gasteiger partial charge >= 0.3 is 0 Å². The summed E-state index contributed by atoms with van der Waals surface area (Å²) in [6, 6.07) is 9.67. The normalized spacial score (nSPS) is 12.0. The molecule has 0 aliphatic heterocycles. The number of benzene rings is 1. The highest BCUT2D eigenvalue weighted by molar-refractivity contribution is 6.31. The molecule has 1 aromatic heterocycles. The summed E-state index contributed by atoms with van der Waals surface area (Å²) >= 11 is 6.07. The maximum Gasteiger partial charge on any atom is 0.258 e. The number of nitrogens with one attached hydrogen (secondary N) is 1. The van der Waals surface area contributed by atoms with E-state index in [0.29, 0.717) is 5.02 Å². The van der Waals surface area contributed by atoms with Crippen molar-refractivity contribution in [2.75, 3.05) is 6.61 Å². The Hall–Kier alpha value is -2.01. The van der Waals surface area contributed by atoms with Gasteiger partial charge in [-0.25, -0.2) is 4.68 Å². The Morgan fingerprint density at radius 3 is 2.81 bits per heavy atom. The van der Waals surface area contributed by atoms with Crippen LogP contribution in [0.25, 0.3) is 5.69 Å². The van der Waals surface area contributed by atoms with Crippen LogP contribution in [0.1, 0.15) is 20.3 Å². The predicted molar refractivity (Wildman–Crippen MR) is 82.0 cm³/mol. The van der Waals surface area contributed by atoms with Gasteiger partial charge in [-0.15, -0.1) is 5.10 Å². The second-order valence-corrected chi connectivity index (χ2v) is 5.13. The van der Waals surface area contributed by atoms with Crippen LogP contribution in [0, 0.1) is 0 Å². The second kappa shape index (κ2) is 7.13. The number of para-hydroxylation sites is 1. The molecule has 112 valence electrons. The summed E-state index contributed by atoms with van der Waals surface area (Å²) < 4.78 is 6.99. The average molecular weight is 308 g/mol. The molecule has 21 heavy (non-hydrogen) atoms. The second-order valence-electron chi connectivity index (χ2n) is 4.73. The molecule has 0 aliphatic rings. The molecule has 1 amide bonds. The molecular weight excluding hydrogens is 290 g/mol. The first-order valence-electron chi connectivity index (χ1n) is 6.83. The van der Waals surface area contributed by atoms with E-state index in [4.69, 9.17) is 16.3 Å². The predicted octanol–water partition coefficient (Wildman–Crippen LogP) is 2.82. The van der Waals surface area contributed by atoms with E-state index in [9.17, 15) is 4.79 Å². The monoisotopic (exact) mass is 307 g/mol. The molecule has 0 saturated heterocycles. The van der Waals surface area contributed by atoms with Crippen molar-refractivity contribution in [2.24, 2.45) is 0 Å². The smallest absolute Gasteiger partial charge is 0.258 e. The summed E-state index contributed by atoms with van der Waals surface area (Å²) in [6.07, 6.45) is 2.52. The molecule has 0 bridgehead atoms. The number of ether oxygens (including phenoxy) is 1. The SMILES string of the molecule is CCC(C)NC(=O)COc1nn(-c2ccccc2)cc1Cl. The van der Waals surface area contributed by atoms with E-state index < -0.39 is 0 Å². The molecular formula is C15H18ClN3O2. The van der Waals surface area contributed by atoms with Crippen LogP contribution < -0.4 is 10.1 Å². The van der Waals surface area contributed by atoms with E-state index in [0.717, 1.165) is 12.1 Å². The van der Waals surface area contributed by atoms with E-state index in [1.165, 1.54) is 0 Å². The number of carbonyl (C=O) groups is 1. The summed E-state index contributed by atoms with van der Waals surface area (Å²) in [6.45, 7) is 3.84. The van der Waals surface area contributed by atoms with Gasteiger partial charge < -0.3 is 10.1 Å². The van der Waals surface area contributed by atoms with Crippen molar-refractivity contribution in [3.8, 4) is 11.6 Å². The lowest BCUT2D eigenvalue weighted by molar-refractivity contribution is -0.123. The van der Waals surface area contributed by atoms with E-state index in [-0.39, 0.29) is 24.4 Å². The lowest BCUT2D eigenvalue weighted by atomic mass is 10.2. The van der Waals surface area contributed by atoms with E-state index in [1.807, 2.05) is 44.2 Å². The van der Waals surface area contributed by atoms with Crippen molar-refractivity contribution in [1.29, 1.82) is 0 Å². The highest BCUT2D eigenvalue weighted by Crippen LogP contribution is 2.23. The number of rotatable bonds is 6. The van der Waals surface area contributed by atoms with E-state index in [1.54, 1.807) is 10.9 Å². The van der Waals surface area contributed by atoms with Crippen molar-refractivity contribution in [1.82, 2.24) is 15.1 Å². The third kappa shape index (κ3) is 4.23. The van der Waals surface area contributed by atoms with Crippen LogP contribution in [-0.4, -0.2) is 28.3 Å². The zero-order valence-corrected chi connectivity index (χ0v) is 12.8. The lowest BCUT2D eigenvalue weighted by Crippen LogP contribution is -2.35. The fourth-order valence-electron chi connectivity index (χ4n) is 1.70. The van der Waals surface area contributed by atoms with Crippen LogP contribution in [0.4, 0.5) is 0 Å². The number of aromatic nitrogens is 2. The minimum Gasteiger partial charge on any atom is -0.465 e. The Kier molecular flexibility index (Phi) is 5.22. The molecule has 1 aromatic carbocycles. The van der Waals surface area contributed by atoms with E-state index in [2.05, 4.69) is 10.4 Å². The number of amides is 1. The van der Waals surface area contributed by atoms with Gasteiger partial charge in [0.1, 0.15) is 5.02 Å². The quantitative estimate of drug-likeness (QED) is 0.893. The van der Waals surface area contributed by atoms with Crippen LogP contribution in [0.5, 0.6) is 5.88 Å². The fraction of sp³-hybridized carbons (Fsp3) is 0.333. The third-order valence-corrected chi connectivity index (χ3v) is 3.28. The summed E-state index contributed by atoms with van der Waals surface area (Å²) in [5.74, 6) is 0.0644. The highest BCUT2D eigenvalue weighted by atomic mass is 35.5. The molecule has 2 aromatic rings. The van der Waals surface area contributed by atoms with Crippen LogP contribution in [0.2, 0.25) is 5.02 Å². The molecule has 0 radical (unpaired) electrons. The first-order chi connectivity index (χ1) is 10.1. The molecule has 1 unspecified atom stereocenters. The maximum atomic E-state index is 11.7. The number of hydrogen-bond acceptors (Lipinski definition) is 3. The number of nitrogens with zero attached hydrogens (tertiary/aromatic N) is 2. The van der Waals surface area contributed by atoms with Crippen LogP contribution in [-0.2, 0) is 4.79 Å². The average Bonchev–Trinajstić information content (AvgIpc) is 2.87. The fourth-order valence-corrected chi connectivity index (χ4v) is 1.89. The topological polar surface area (TPSA) is 56.1 Å². The summed E-state index contributed by atoms with van der Waals surface area (Å²) in [5.41, 5.74) is 0.873. The van der Waals surface area contributed by atoms with Crippen molar-refractivity contribution < 1.29 is 9.53 Å². The molecule has 0 aliphatic carbocycles. The number of halogens is 1. The molecule has 5 nitrogen and oxygen atoms in total. The highest BCUT2D eigenvalue weighted by Gasteiger charge is 2.12. The number of carbonyl (C=O) groups excluding carboxylic acids is 1. The van der Waals surface area contributed by atoms with Crippen LogP contribution in [0.15, 0.2) is 36.5 Å². The van der Waals surface area contributed by atoms with Gasteiger partial charge in [-0.3, -0.25) is 4.79 Å². The first kappa shape index (κ1) is 15.4. The van der Waals surface area contributed by atoms with Gasteiger partial charge in [-0.05, 0) is 25.5 Å². The summed E-state index contributed by atoms with van der Waals surface area (Å²) in [4.78, 5) is 11.7. The Morgan fingerprint density at radius 1 is 1.43 bits per heavy atom. The molecule has 6 heteroatoms. The maximum absolute atomic E-state index is 11.7. The van der Waals surface area contributed by atoms with Gasteiger partial charge in [0.25, 0.3) is 11.8 Å². The standard InChI is InChI=1S/C15H18ClN3O2/c1-3-11(2)17-14(20)10-21-15-13(16)9-19(18-15)12-7-5-4-6-8-12/h4-9,11H,3,10H2,1-2H3,(H,17,20). The van der Waals surface area contributed by atoms with Gasteiger partial charge in [-0.2, -0.15) is 0 Å². The summed E-state index contributed by atoms with van der Waals surface area (Å²) in [7, 11) is 0. The molecule has 1 atom stereocenters. The molecule has 2 rings (SSSR count). The van der Waals surface area contributed by atoms with Gasteiger partial charge in [0, 0.05) is 6.04 Å². The lowest BCUT2D eigenvalue weighted by Gasteiger charge is -2.11. The zero-order chi connectivity index (χ0) is 15.2. The Balaban J connectivity index is 1.99. The van der Waals surface area contributed by atoms with Gasteiger partial charge in [0.05, 0.1) is 11.9 Å². The van der Waals surface area contributed by atoms with Crippen LogP contribution in [0.3, 0.4) is 0 Å². The Morgan fingerprint density at radius 2 is 2.14 bits per heavy atom.